The van der Waals surface area contributed by atoms with Gasteiger partial charge < -0.3 is 10.5 Å². The Kier molecular flexibility index (Phi) is 9.66. The molecule has 0 bridgehead atoms. The van der Waals surface area contributed by atoms with Crippen LogP contribution in [-0.4, -0.2) is 18.6 Å². The minimum Gasteiger partial charge on any atom is -0.466 e. The number of halogens is 1. The van der Waals surface area contributed by atoms with Gasteiger partial charge in [0.15, 0.2) is 0 Å². The van der Waals surface area contributed by atoms with Crippen molar-refractivity contribution in [1.29, 1.82) is 0 Å². The van der Waals surface area contributed by atoms with E-state index in [1.54, 1.807) is 6.92 Å². The summed E-state index contributed by atoms with van der Waals surface area (Å²) in [7, 11) is 0. The normalized spacial score (nSPS) is 10.8. The molecule has 1 atom stereocenters. The summed E-state index contributed by atoms with van der Waals surface area (Å²) in [6.45, 7) is 2.17. The van der Waals surface area contributed by atoms with Gasteiger partial charge >= 0.3 is 5.97 Å². The fraction of sp³-hybridized carbons (Fsp3) is 0.625. The highest BCUT2D eigenvalue weighted by Gasteiger charge is 2.04. The van der Waals surface area contributed by atoms with Crippen LogP contribution in [0.25, 0.3) is 0 Å². The number of rotatable bonds is 4. The van der Waals surface area contributed by atoms with E-state index in [4.69, 9.17) is 12.2 Å². The third-order valence-electron chi connectivity index (χ3n) is 1.18. The van der Waals surface area contributed by atoms with Gasteiger partial charge in [0, 0.05) is 6.42 Å². The van der Waals surface area contributed by atoms with E-state index in [1.165, 1.54) is 0 Å². The lowest BCUT2D eigenvalue weighted by Gasteiger charge is -2.02. The lowest BCUT2D eigenvalue weighted by Crippen LogP contribution is -2.19. The Bertz CT molecular complexity index is 165. The van der Waals surface area contributed by atoms with Gasteiger partial charge in [-0.1, -0.05) is 5.92 Å². The number of hydrogen-bond acceptors (Lipinski definition) is 3. The molecular weight excluding hydrogens is 178 g/mol. The van der Waals surface area contributed by atoms with Crippen molar-refractivity contribution in [3.05, 3.63) is 0 Å². The average molecular weight is 192 g/mol. The SMILES string of the molecule is C#CC(N)CCC(=O)OCC.Cl. The topological polar surface area (TPSA) is 52.3 Å². The number of hydrogen-bond donors (Lipinski definition) is 1. The fourth-order valence-electron chi connectivity index (χ4n) is 0.590. The zero-order valence-electron chi connectivity index (χ0n) is 7.08. The first kappa shape index (κ1) is 13.8. The highest BCUT2D eigenvalue weighted by molar-refractivity contribution is 5.85. The highest BCUT2D eigenvalue weighted by Crippen LogP contribution is 1.95. The van der Waals surface area contributed by atoms with Crippen LogP contribution in [0.15, 0.2) is 0 Å². The molecular formula is C8H14ClNO2. The van der Waals surface area contributed by atoms with Crippen LogP contribution in [0.3, 0.4) is 0 Å². The fourth-order valence-corrected chi connectivity index (χ4v) is 0.590. The second-order valence-corrected chi connectivity index (χ2v) is 2.12. The number of terminal acetylenes is 1. The molecule has 0 saturated carbocycles. The van der Waals surface area contributed by atoms with Gasteiger partial charge in [-0.25, -0.2) is 0 Å². The lowest BCUT2D eigenvalue weighted by molar-refractivity contribution is -0.143. The monoisotopic (exact) mass is 191 g/mol. The first-order chi connectivity index (χ1) is 5.20. The zero-order valence-corrected chi connectivity index (χ0v) is 7.89. The van der Waals surface area contributed by atoms with E-state index in [1.807, 2.05) is 0 Å². The second kappa shape index (κ2) is 8.38. The molecule has 0 aliphatic carbocycles. The standard InChI is InChI=1S/C8H13NO2.ClH/c1-3-7(9)5-6-8(10)11-4-2;/h1,7H,4-6,9H2,2H3;1H. The highest BCUT2D eigenvalue weighted by atomic mass is 35.5. The first-order valence-electron chi connectivity index (χ1n) is 3.58. The summed E-state index contributed by atoms with van der Waals surface area (Å²) in [5.74, 6) is 2.09. The molecule has 0 aliphatic heterocycles. The van der Waals surface area contributed by atoms with Crippen LogP contribution in [0.5, 0.6) is 0 Å². The molecule has 0 heterocycles. The van der Waals surface area contributed by atoms with Crippen LogP contribution >= 0.6 is 12.4 Å². The predicted molar refractivity (Wildman–Crippen MR) is 49.9 cm³/mol. The molecule has 2 N–H and O–H groups in total. The van der Waals surface area contributed by atoms with E-state index < -0.39 is 0 Å². The number of nitrogens with two attached hydrogens (primary N) is 1. The van der Waals surface area contributed by atoms with Crippen molar-refractivity contribution >= 4 is 18.4 Å². The van der Waals surface area contributed by atoms with Gasteiger partial charge in [-0.05, 0) is 13.3 Å². The number of carbonyl (C=O) groups is 1. The summed E-state index contributed by atoms with van der Waals surface area (Å²) in [6, 6.07) is -0.334. The Morgan fingerprint density at radius 2 is 2.33 bits per heavy atom. The van der Waals surface area contributed by atoms with Gasteiger partial charge in [0.05, 0.1) is 12.6 Å². The van der Waals surface area contributed by atoms with E-state index in [0.29, 0.717) is 19.4 Å². The van der Waals surface area contributed by atoms with E-state index in [2.05, 4.69) is 10.7 Å². The van der Waals surface area contributed by atoms with Crippen LogP contribution in [0.1, 0.15) is 19.8 Å². The van der Waals surface area contributed by atoms with Gasteiger partial charge in [0.25, 0.3) is 0 Å². The summed E-state index contributed by atoms with van der Waals surface area (Å²) >= 11 is 0. The van der Waals surface area contributed by atoms with Crippen molar-refractivity contribution < 1.29 is 9.53 Å². The molecule has 4 heteroatoms. The quantitative estimate of drug-likeness (QED) is 0.526. The first-order valence-corrected chi connectivity index (χ1v) is 3.58. The number of ether oxygens (including phenoxy) is 1. The molecule has 1 unspecified atom stereocenters. The molecule has 0 aromatic carbocycles. The molecule has 12 heavy (non-hydrogen) atoms. The molecule has 3 nitrogen and oxygen atoms in total. The maximum absolute atomic E-state index is 10.7. The van der Waals surface area contributed by atoms with E-state index >= 15 is 0 Å². The van der Waals surface area contributed by atoms with Crippen molar-refractivity contribution in [3.63, 3.8) is 0 Å². The van der Waals surface area contributed by atoms with Gasteiger partial charge in [-0.2, -0.15) is 0 Å². The van der Waals surface area contributed by atoms with Gasteiger partial charge in [0.1, 0.15) is 0 Å². The molecule has 0 radical (unpaired) electrons. The van der Waals surface area contributed by atoms with Crippen LogP contribution in [0.2, 0.25) is 0 Å². The molecule has 0 saturated heterocycles. The molecule has 0 aromatic heterocycles. The van der Waals surface area contributed by atoms with Crippen molar-refractivity contribution in [2.45, 2.75) is 25.8 Å². The van der Waals surface area contributed by atoms with Crippen molar-refractivity contribution in [2.24, 2.45) is 5.73 Å². The Balaban J connectivity index is 0. The van der Waals surface area contributed by atoms with Crippen LogP contribution < -0.4 is 5.73 Å². The smallest absolute Gasteiger partial charge is 0.305 e. The van der Waals surface area contributed by atoms with Gasteiger partial charge in [-0.15, -0.1) is 18.8 Å². The summed E-state index contributed by atoms with van der Waals surface area (Å²) in [4.78, 5) is 10.7. The van der Waals surface area contributed by atoms with Gasteiger partial charge in [0.2, 0.25) is 0 Å². The molecule has 0 amide bonds. The summed E-state index contributed by atoms with van der Waals surface area (Å²) in [5.41, 5.74) is 5.37. The van der Waals surface area contributed by atoms with E-state index in [0.717, 1.165) is 0 Å². The lowest BCUT2D eigenvalue weighted by atomic mass is 10.2. The second-order valence-electron chi connectivity index (χ2n) is 2.12. The summed E-state index contributed by atoms with van der Waals surface area (Å²) < 4.78 is 4.67. The molecule has 70 valence electrons. The molecule has 0 aromatic rings. The molecule has 0 rings (SSSR count). The van der Waals surface area contributed by atoms with E-state index in [9.17, 15) is 4.79 Å². The van der Waals surface area contributed by atoms with Crippen molar-refractivity contribution in [3.8, 4) is 12.3 Å². The third-order valence-corrected chi connectivity index (χ3v) is 1.18. The predicted octanol–water partition coefficient (Wildman–Crippen LogP) is 0.712. The Hall–Kier alpha value is -0.720. The summed E-state index contributed by atoms with van der Waals surface area (Å²) in [6.07, 6.45) is 5.81. The Morgan fingerprint density at radius 1 is 1.75 bits per heavy atom. The molecule has 0 fully saturated rings. The molecule has 0 aliphatic rings. The minimum absolute atomic E-state index is 0. The van der Waals surface area contributed by atoms with Gasteiger partial charge in [-0.3, -0.25) is 4.79 Å². The third kappa shape index (κ3) is 7.39. The van der Waals surface area contributed by atoms with Crippen LogP contribution in [-0.2, 0) is 9.53 Å². The number of esters is 1. The average Bonchev–Trinajstić information content (AvgIpc) is 2.01. The maximum atomic E-state index is 10.7. The van der Waals surface area contributed by atoms with Crippen LogP contribution in [0.4, 0.5) is 0 Å². The largest absolute Gasteiger partial charge is 0.466 e. The molecule has 0 spiro atoms. The van der Waals surface area contributed by atoms with Crippen molar-refractivity contribution in [2.75, 3.05) is 6.61 Å². The Morgan fingerprint density at radius 3 is 2.75 bits per heavy atom. The van der Waals surface area contributed by atoms with Crippen LogP contribution in [0, 0.1) is 12.3 Å². The Labute approximate surface area is 79.1 Å². The number of carbonyl (C=O) groups excluding carboxylic acids is 1. The zero-order chi connectivity index (χ0) is 8.69. The maximum Gasteiger partial charge on any atom is 0.305 e. The summed E-state index contributed by atoms with van der Waals surface area (Å²) in [5, 5.41) is 0. The van der Waals surface area contributed by atoms with Crippen molar-refractivity contribution in [1.82, 2.24) is 0 Å². The van der Waals surface area contributed by atoms with E-state index in [-0.39, 0.29) is 24.4 Å². The minimum atomic E-state index is -0.334.